The minimum atomic E-state index is -3.55. The Balaban J connectivity index is 2.35. The van der Waals surface area contributed by atoms with Crippen molar-refractivity contribution in [1.82, 2.24) is 9.62 Å². The van der Waals surface area contributed by atoms with Crippen LogP contribution in [0, 0.1) is 5.92 Å². The molecular weight excluding hydrogens is 288 g/mol. The van der Waals surface area contributed by atoms with Gasteiger partial charge in [0.25, 0.3) is 0 Å². The monoisotopic (exact) mass is 308 g/mol. The van der Waals surface area contributed by atoms with Crippen LogP contribution in [0.25, 0.3) is 0 Å². The van der Waals surface area contributed by atoms with Crippen LogP contribution in [0.15, 0.2) is 0 Å². The van der Waals surface area contributed by atoms with E-state index >= 15 is 0 Å². The van der Waals surface area contributed by atoms with Gasteiger partial charge in [0.05, 0.1) is 24.8 Å². The summed E-state index contributed by atoms with van der Waals surface area (Å²) in [5, 5.41) is 8.83. The summed E-state index contributed by atoms with van der Waals surface area (Å²) >= 11 is 0. The lowest BCUT2D eigenvalue weighted by Crippen LogP contribution is -2.40. The van der Waals surface area contributed by atoms with Gasteiger partial charge in [-0.2, -0.15) is 0 Å². The van der Waals surface area contributed by atoms with Crippen molar-refractivity contribution in [2.75, 3.05) is 38.6 Å². The zero-order valence-electron chi connectivity index (χ0n) is 11.4. The van der Waals surface area contributed by atoms with E-state index in [2.05, 4.69) is 4.72 Å². The predicted molar refractivity (Wildman–Crippen MR) is 70.6 cm³/mol. The summed E-state index contributed by atoms with van der Waals surface area (Å²) in [7, 11) is -3.55. The van der Waals surface area contributed by atoms with Crippen molar-refractivity contribution in [3.05, 3.63) is 0 Å². The van der Waals surface area contributed by atoms with E-state index in [4.69, 9.17) is 9.84 Å². The van der Waals surface area contributed by atoms with Crippen LogP contribution in [-0.4, -0.2) is 68.9 Å². The molecule has 2 N–H and O–H groups in total. The number of aliphatic carboxylic acids is 1. The minimum Gasteiger partial charge on any atom is -0.481 e. The maximum Gasteiger partial charge on any atom is 0.308 e. The summed E-state index contributed by atoms with van der Waals surface area (Å²) in [6, 6.07) is 0. The van der Waals surface area contributed by atoms with Crippen LogP contribution in [0.4, 0.5) is 0 Å². The molecule has 0 saturated carbocycles. The maximum absolute atomic E-state index is 11.8. The van der Waals surface area contributed by atoms with E-state index in [9.17, 15) is 18.0 Å². The van der Waals surface area contributed by atoms with Gasteiger partial charge >= 0.3 is 5.97 Å². The second kappa shape index (κ2) is 7.55. The molecule has 0 spiro atoms. The second-order valence-corrected chi connectivity index (χ2v) is 6.43. The van der Waals surface area contributed by atoms with Crippen molar-refractivity contribution in [2.45, 2.75) is 13.3 Å². The molecule has 0 aromatic heterocycles. The first-order valence-corrected chi connectivity index (χ1v) is 8.06. The Labute approximate surface area is 118 Å². The van der Waals surface area contributed by atoms with Crippen LogP contribution < -0.4 is 4.72 Å². The van der Waals surface area contributed by atoms with E-state index in [1.54, 1.807) is 6.92 Å². The number of hydrogen-bond donors (Lipinski definition) is 2. The van der Waals surface area contributed by atoms with Gasteiger partial charge in [-0.05, 0) is 13.3 Å². The number of sulfonamides is 1. The highest BCUT2D eigenvalue weighted by Crippen LogP contribution is 2.15. The van der Waals surface area contributed by atoms with Gasteiger partial charge in [-0.1, -0.05) is 0 Å². The first kappa shape index (κ1) is 16.9. The van der Waals surface area contributed by atoms with Gasteiger partial charge in [-0.25, -0.2) is 13.1 Å². The first-order chi connectivity index (χ1) is 9.35. The van der Waals surface area contributed by atoms with E-state index in [-0.39, 0.29) is 25.4 Å². The van der Waals surface area contributed by atoms with Crippen molar-refractivity contribution in [1.29, 1.82) is 0 Å². The molecule has 1 fully saturated rings. The lowest BCUT2D eigenvalue weighted by atomic mass is 10.1. The number of nitrogens with one attached hydrogen (secondary N) is 1. The summed E-state index contributed by atoms with van der Waals surface area (Å²) < 4.78 is 30.2. The lowest BCUT2D eigenvalue weighted by molar-refractivity contribution is -0.141. The van der Waals surface area contributed by atoms with Crippen LogP contribution in [0.5, 0.6) is 0 Å². The number of carboxylic acids is 1. The fraction of sp³-hybridized carbons (Fsp3) is 0.818. The van der Waals surface area contributed by atoms with Gasteiger partial charge in [0.15, 0.2) is 0 Å². The molecule has 1 atom stereocenters. The molecule has 1 rings (SSSR count). The zero-order valence-corrected chi connectivity index (χ0v) is 12.2. The highest BCUT2D eigenvalue weighted by atomic mass is 32.2. The molecule has 8 nitrogen and oxygen atoms in total. The van der Waals surface area contributed by atoms with Gasteiger partial charge in [0.2, 0.25) is 15.9 Å². The normalized spacial score (nSPS) is 19.2. The average molecular weight is 308 g/mol. The third-order valence-corrected chi connectivity index (χ3v) is 4.32. The Kier molecular flexibility index (Phi) is 6.37. The molecule has 0 radical (unpaired) electrons. The Morgan fingerprint density at radius 2 is 2.15 bits per heavy atom. The third-order valence-electron chi connectivity index (χ3n) is 3.03. The van der Waals surface area contributed by atoms with Gasteiger partial charge in [0.1, 0.15) is 0 Å². The van der Waals surface area contributed by atoms with E-state index in [1.165, 1.54) is 4.90 Å². The van der Waals surface area contributed by atoms with Gasteiger partial charge in [-0.15, -0.1) is 0 Å². The van der Waals surface area contributed by atoms with Crippen molar-refractivity contribution in [2.24, 2.45) is 5.92 Å². The van der Waals surface area contributed by atoms with Gasteiger partial charge < -0.3 is 14.7 Å². The average Bonchev–Trinajstić information content (AvgIpc) is 2.86. The zero-order chi connectivity index (χ0) is 15.2. The Morgan fingerprint density at radius 3 is 2.70 bits per heavy atom. The molecule has 0 aromatic rings. The van der Waals surface area contributed by atoms with E-state index in [1.807, 2.05) is 0 Å². The van der Waals surface area contributed by atoms with Crippen LogP contribution >= 0.6 is 0 Å². The van der Waals surface area contributed by atoms with E-state index in [0.717, 1.165) is 0 Å². The highest BCUT2D eigenvalue weighted by molar-refractivity contribution is 7.89. The van der Waals surface area contributed by atoms with Crippen molar-refractivity contribution in [3.8, 4) is 0 Å². The molecule has 1 saturated heterocycles. The number of likely N-dealkylation sites (tertiary alicyclic amines) is 1. The maximum atomic E-state index is 11.8. The summed E-state index contributed by atoms with van der Waals surface area (Å²) in [6.45, 7) is 2.39. The van der Waals surface area contributed by atoms with Gasteiger partial charge in [-0.3, -0.25) is 9.59 Å². The molecule has 1 unspecified atom stereocenters. The van der Waals surface area contributed by atoms with Crippen molar-refractivity contribution < 1.29 is 27.9 Å². The number of carboxylic acid groups (broad SMARTS) is 1. The number of carbonyl (C=O) groups excluding carboxylic acids is 1. The van der Waals surface area contributed by atoms with Crippen molar-refractivity contribution >= 4 is 21.9 Å². The van der Waals surface area contributed by atoms with Crippen LogP contribution in [0.3, 0.4) is 0 Å². The summed E-state index contributed by atoms with van der Waals surface area (Å²) in [5.74, 6) is -2.11. The highest BCUT2D eigenvalue weighted by Gasteiger charge is 2.30. The molecule has 116 valence electrons. The van der Waals surface area contributed by atoms with Crippen LogP contribution in [0.2, 0.25) is 0 Å². The topological polar surface area (TPSA) is 113 Å². The molecule has 0 bridgehead atoms. The molecule has 20 heavy (non-hydrogen) atoms. The number of ether oxygens (including phenoxy) is 1. The summed E-state index contributed by atoms with van der Waals surface area (Å²) in [5.41, 5.74) is 0. The fourth-order valence-corrected chi connectivity index (χ4v) is 2.68. The Morgan fingerprint density at radius 1 is 1.45 bits per heavy atom. The predicted octanol–water partition coefficient (Wildman–Crippen LogP) is -1.12. The SMILES string of the molecule is CCOCCS(=O)(=O)NCC(=O)N1CCC(C(=O)O)C1. The summed E-state index contributed by atoms with van der Waals surface area (Å²) in [6.07, 6.45) is 0.401. The number of rotatable bonds is 8. The van der Waals surface area contributed by atoms with Crippen molar-refractivity contribution in [3.63, 3.8) is 0 Å². The summed E-state index contributed by atoms with van der Waals surface area (Å²) in [4.78, 5) is 23.9. The fourth-order valence-electron chi connectivity index (χ4n) is 1.86. The molecule has 1 heterocycles. The molecule has 1 aliphatic heterocycles. The molecule has 0 aromatic carbocycles. The second-order valence-electron chi connectivity index (χ2n) is 4.50. The lowest BCUT2D eigenvalue weighted by Gasteiger charge is -2.16. The first-order valence-electron chi connectivity index (χ1n) is 6.41. The molecule has 1 amide bonds. The Bertz CT molecular complexity index is 450. The van der Waals surface area contributed by atoms with Crippen LogP contribution in [-0.2, 0) is 24.3 Å². The van der Waals surface area contributed by atoms with E-state index < -0.39 is 27.8 Å². The standard InChI is InChI=1S/C11H20N2O6S/c1-2-19-5-6-20(17,18)12-7-10(14)13-4-3-9(8-13)11(15)16/h9,12H,2-8H2,1H3,(H,15,16). The van der Waals surface area contributed by atoms with Gasteiger partial charge in [0, 0.05) is 19.7 Å². The molecule has 1 aliphatic rings. The van der Waals surface area contributed by atoms with Crippen LogP contribution in [0.1, 0.15) is 13.3 Å². The number of carbonyl (C=O) groups is 2. The molecule has 9 heteroatoms. The number of hydrogen-bond acceptors (Lipinski definition) is 5. The minimum absolute atomic E-state index is 0.0742. The number of nitrogens with zero attached hydrogens (tertiary/aromatic N) is 1. The largest absolute Gasteiger partial charge is 0.481 e. The molecular formula is C11H20N2O6S. The molecule has 0 aliphatic carbocycles. The number of amides is 1. The smallest absolute Gasteiger partial charge is 0.308 e. The quantitative estimate of drug-likeness (QED) is 0.549. The Hall–Kier alpha value is -1.19. The van der Waals surface area contributed by atoms with E-state index in [0.29, 0.717) is 19.6 Å². The third kappa shape index (κ3) is 5.43.